The van der Waals surface area contributed by atoms with E-state index >= 15 is 0 Å². The number of para-hydroxylation sites is 1. The molecule has 0 radical (unpaired) electrons. The molecule has 40 heavy (non-hydrogen) atoms. The second-order valence-corrected chi connectivity index (χ2v) is 10.1. The minimum absolute atomic E-state index is 0.0403. The number of carbonyl (C=O) groups excluding carboxylic acids is 1. The summed E-state index contributed by atoms with van der Waals surface area (Å²) in [7, 11) is -1.96. The average molecular weight is 565 g/mol. The topological polar surface area (TPSA) is 161 Å². The van der Waals surface area contributed by atoms with Gasteiger partial charge in [0, 0.05) is 17.7 Å². The normalized spacial score (nSPS) is 11.3. The van der Waals surface area contributed by atoms with E-state index in [9.17, 15) is 28.4 Å². The lowest BCUT2D eigenvalue weighted by Crippen LogP contribution is -2.40. The Labute approximate surface area is 229 Å². The second-order valence-electron chi connectivity index (χ2n) is 8.29. The Morgan fingerprint density at radius 1 is 1.05 bits per heavy atom. The van der Waals surface area contributed by atoms with Gasteiger partial charge in [-0.2, -0.15) is 5.10 Å². The van der Waals surface area contributed by atoms with Crippen LogP contribution in [0.15, 0.2) is 88.9 Å². The molecule has 0 atom stereocenters. The van der Waals surface area contributed by atoms with Gasteiger partial charge >= 0.3 is 0 Å². The molecule has 0 aliphatic heterocycles. The fourth-order valence-electron chi connectivity index (χ4n) is 3.99. The van der Waals surface area contributed by atoms with E-state index in [2.05, 4.69) is 10.5 Å². The van der Waals surface area contributed by atoms with Crippen molar-refractivity contribution in [3.63, 3.8) is 0 Å². The van der Waals surface area contributed by atoms with Gasteiger partial charge in [0.25, 0.3) is 21.6 Å². The number of ether oxygens (including phenoxy) is 2. The monoisotopic (exact) mass is 564 g/mol. The number of nitro benzene ring substituents is 1. The third-order valence-electron chi connectivity index (χ3n) is 5.90. The van der Waals surface area contributed by atoms with Crippen LogP contribution in [0.4, 0.5) is 11.4 Å². The fourth-order valence-corrected chi connectivity index (χ4v) is 5.58. The minimum atomic E-state index is -4.67. The Morgan fingerprint density at radius 3 is 2.50 bits per heavy atom. The van der Waals surface area contributed by atoms with Crippen molar-refractivity contribution in [2.24, 2.45) is 5.10 Å². The lowest BCUT2D eigenvalue weighted by atomic mass is 10.0. The molecule has 12 nitrogen and oxygen atoms in total. The van der Waals surface area contributed by atoms with Gasteiger partial charge in [0.05, 0.1) is 31.0 Å². The highest BCUT2D eigenvalue weighted by atomic mass is 32.2. The molecule has 13 heteroatoms. The first-order valence-electron chi connectivity index (χ1n) is 11.7. The largest absolute Gasteiger partial charge is 0.507 e. The van der Waals surface area contributed by atoms with Crippen LogP contribution in [0.1, 0.15) is 5.56 Å². The number of aromatic hydroxyl groups is 1. The predicted octanol–water partition coefficient (Wildman–Crippen LogP) is 3.82. The van der Waals surface area contributed by atoms with Gasteiger partial charge in [0.2, 0.25) is 0 Å². The second kappa shape index (κ2) is 11.7. The van der Waals surface area contributed by atoms with Gasteiger partial charge in [-0.1, -0.05) is 42.5 Å². The number of nitrogens with zero attached hydrogens (tertiary/aromatic N) is 3. The molecule has 0 aromatic heterocycles. The Kier molecular flexibility index (Phi) is 8.15. The van der Waals surface area contributed by atoms with Crippen LogP contribution >= 0.6 is 0 Å². The van der Waals surface area contributed by atoms with Crippen molar-refractivity contribution >= 4 is 44.3 Å². The highest BCUT2D eigenvalue weighted by Gasteiger charge is 2.34. The van der Waals surface area contributed by atoms with Crippen LogP contribution in [0.3, 0.4) is 0 Å². The number of rotatable bonds is 10. The third-order valence-corrected chi connectivity index (χ3v) is 7.71. The SMILES string of the molecule is COc1ccc(N(CC(=O)N/N=C\c2c(O)ccc3ccccc23)S(=O)(=O)c2ccccc2[N+](=O)[O-])c(OC)c1. The molecule has 0 saturated heterocycles. The molecule has 0 aliphatic rings. The molecule has 0 heterocycles. The molecule has 4 rings (SSSR count). The zero-order chi connectivity index (χ0) is 28.9. The average Bonchev–Trinajstić information content (AvgIpc) is 2.96. The maximum Gasteiger partial charge on any atom is 0.289 e. The van der Waals surface area contributed by atoms with Gasteiger partial charge in [-0.15, -0.1) is 0 Å². The van der Waals surface area contributed by atoms with Crippen molar-refractivity contribution < 1.29 is 32.7 Å². The third kappa shape index (κ3) is 5.63. The summed E-state index contributed by atoms with van der Waals surface area (Å²) >= 11 is 0. The zero-order valence-corrected chi connectivity index (χ0v) is 22.2. The Morgan fingerprint density at radius 2 is 1.77 bits per heavy atom. The van der Waals surface area contributed by atoms with E-state index in [1.807, 2.05) is 12.1 Å². The van der Waals surface area contributed by atoms with Gasteiger partial charge in [0.1, 0.15) is 23.8 Å². The van der Waals surface area contributed by atoms with E-state index in [0.717, 1.165) is 17.5 Å². The molecule has 0 fully saturated rings. The summed E-state index contributed by atoms with van der Waals surface area (Å²) in [5.41, 5.74) is 1.88. The van der Waals surface area contributed by atoms with E-state index in [4.69, 9.17) is 9.47 Å². The summed E-state index contributed by atoms with van der Waals surface area (Å²) in [6.45, 7) is -0.810. The number of hydrogen-bond donors (Lipinski definition) is 2. The van der Waals surface area contributed by atoms with E-state index < -0.39 is 38.0 Å². The van der Waals surface area contributed by atoms with Crippen LogP contribution in [0.25, 0.3) is 10.8 Å². The number of nitro groups is 1. The van der Waals surface area contributed by atoms with E-state index in [-0.39, 0.29) is 17.2 Å². The van der Waals surface area contributed by atoms with E-state index in [0.29, 0.717) is 21.0 Å². The zero-order valence-electron chi connectivity index (χ0n) is 21.3. The molecule has 0 spiro atoms. The Balaban J connectivity index is 1.71. The van der Waals surface area contributed by atoms with Crippen LogP contribution in [-0.4, -0.2) is 51.3 Å². The number of phenolic OH excluding ortho intramolecular Hbond substituents is 1. The van der Waals surface area contributed by atoms with Crippen LogP contribution in [0.5, 0.6) is 17.2 Å². The first-order valence-corrected chi connectivity index (χ1v) is 13.1. The molecule has 2 N–H and O–H groups in total. The molecule has 4 aromatic rings. The summed E-state index contributed by atoms with van der Waals surface area (Å²) in [6, 6.07) is 19.5. The van der Waals surface area contributed by atoms with Crippen LogP contribution in [-0.2, 0) is 14.8 Å². The summed E-state index contributed by atoms with van der Waals surface area (Å²) < 4.78 is 38.8. The molecule has 0 bridgehead atoms. The maximum absolute atomic E-state index is 13.8. The van der Waals surface area contributed by atoms with Crippen molar-refractivity contribution in [1.29, 1.82) is 0 Å². The number of hydrazone groups is 1. The smallest absolute Gasteiger partial charge is 0.289 e. The summed E-state index contributed by atoms with van der Waals surface area (Å²) in [5, 5.41) is 27.3. The number of nitrogens with one attached hydrogen (secondary N) is 1. The van der Waals surface area contributed by atoms with Crippen molar-refractivity contribution in [1.82, 2.24) is 5.43 Å². The standard InChI is InChI=1S/C27H24N4O8S/c1-38-19-12-13-22(25(15-19)39-2)30(40(36,37)26-10-6-5-9-23(26)31(34)35)17-27(33)29-28-16-21-20-8-4-3-7-18(20)11-14-24(21)32/h3-16,32H,17H2,1-2H3,(H,29,33)/b28-16-. The molecule has 206 valence electrons. The van der Waals surface area contributed by atoms with Gasteiger partial charge in [0.15, 0.2) is 4.90 Å². The van der Waals surface area contributed by atoms with Crippen LogP contribution < -0.4 is 19.2 Å². The molecular weight excluding hydrogens is 540 g/mol. The van der Waals surface area contributed by atoms with Crippen molar-refractivity contribution in [2.45, 2.75) is 4.90 Å². The van der Waals surface area contributed by atoms with Gasteiger partial charge in [-0.25, -0.2) is 13.8 Å². The summed E-state index contributed by atoms with van der Waals surface area (Å²) in [4.78, 5) is 23.2. The first kappa shape index (κ1) is 27.9. The van der Waals surface area contributed by atoms with Gasteiger partial charge in [-0.3, -0.25) is 19.2 Å². The van der Waals surface area contributed by atoms with Crippen LogP contribution in [0.2, 0.25) is 0 Å². The predicted molar refractivity (Wildman–Crippen MR) is 149 cm³/mol. The molecule has 1 amide bonds. The number of phenols is 1. The number of methoxy groups -OCH3 is 2. The van der Waals surface area contributed by atoms with Gasteiger partial charge in [-0.05, 0) is 35.0 Å². The molecule has 0 aliphatic carbocycles. The molecule has 4 aromatic carbocycles. The number of benzene rings is 4. The van der Waals surface area contributed by atoms with Crippen molar-refractivity contribution in [2.75, 3.05) is 25.1 Å². The van der Waals surface area contributed by atoms with Crippen LogP contribution in [0, 0.1) is 10.1 Å². The maximum atomic E-state index is 13.8. The Hall–Kier alpha value is -5.17. The summed E-state index contributed by atoms with van der Waals surface area (Å²) in [5.74, 6) is -0.539. The Bertz CT molecular complexity index is 1720. The highest BCUT2D eigenvalue weighted by molar-refractivity contribution is 7.93. The summed E-state index contributed by atoms with van der Waals surface area (Å²) in [6.07, 6.45) is 1.24. The quantitative estimate of drug-likeness (QED) is 0.167. The number of anilines is 1. The van der Waals surface area contributed by atoms with Crippen molar-refractivity contribution in [3.8, 4) is 17.2 Å². The van der Waals surface area contributed by atoms with Gasteiger partial charge < -0.3 is 14.6 Å². The van der Waals surface area contributed by atoms with Crippen molar-refractivity contribution in [3.05, 3.63) is 94.5 Å². The molecular formula is C27H24N4O8S. The fraction of sp³-hybridized carbons (Fsp3) is 0.111. The first-order chi connectivity index (χ1) is 19.2. The lowest BCUT2D eigenvalue weighted by Gasteiger charge is -2.25. The number of amides is 1. The number of sulfonamides is 1. The number of hydrogen-bond acceptors (Lipinski definition) is 9. The number of carbonyl (C=O) groups is 1. The van der Waals surface area contributed by atoms with E-state index in [1.54, 1.807) is 18.2 Å². The number of fused-ring (bicyclic) bond motifs is 1. The lowest BCUT2D eigenvalue weighted by molar-refractivity contribution is -0.387. The molecule has 0 saturated carbocycles. The minimum Gasteiger partial charge on any atom is -0.507 e. The van der Waals surface area contributed by atoms with E-state index in [1.165, 1.54) is 56.8 Å². The highest BCUT2D eigenvalue weighted by Crippen LogP contribution is 2.37. The molecule has 0 unspecified atom stereocenters.